The molecule has 0 aliphatic carbocycles. The third kappa shape index (κ3) is 3.98. The summed E-state index contributed by atoms with van der Waals surface area (Å²) in [7, 11) is -3.63. The summed E-state index contributed by atoms with van der Waals surface area (Å²) in [5.41, 5.74) is 0.271. The molecule has 6 nitrogen and oxygen atoms in total. The van der Waals surface area contributed by atoms with E-state index in [1.165, 1.54) is 6.20 Å². The highest BCUT2D eigenvalue weighted by Crippen LogP contribution is 2.12. The predicted molar refractivity (Wildman–Crippen MR) is 67.3 cm³/mol. The number of nitrogens with one attached hydrogen (secondary N) is 2. The van der Waals surface area contributed by atoms with Gasteiger partial charge in [0, 0.05) is 17.4 Å². The maximum atomic E-state index is 11.9. The first kappa shape index (κ1) is 14.5. The maximum Gasteiger partial charge on any atom is 0.258 e. The Bertz CT molecular complexity index is 444. The monoisotopic (exact) mass is 279 g/mol. The fourth-order valence-electron chi connectivity index (χ4n) is 1.30. The zero-order chi connectivity index (χ0) is 12.9. The fraction of sp³-hybridized carbons (Fsp3) is 0.667. The first-order valence-corrected chi connectivity index (χ1v) is 7.88. The molecule has 1 heterocycles. The lowest BCUT2D eigenvalue weighted by Crippen LogP contribution is -2.35. The molecule has 0 saturated carbocycles. The highest BCUT2D eigenvalue weighted by molar-refractivity contribution is 7.99. The van der Waals surface area contributed by atoms with Crippen LogP contribution in [-0.4, -0.2) is 41.3 Å². The highest BCUT2D eigenvalue weighted by atomic mass is 32.2. The van der Waals surface area contributed by atoms with Crippen LogP contribution in [0, 0.1) is 0 Å². The van der Waals surface area contributed by atoms with Crippen molar-refractivity contribution >= 4 is 21.8 Å². The molecule has 1 unspecified atom stereocenters. The van der Waals surface area contributed by atoms with Gasteiger partial charge in [-0.3, -0.25) is 5.10 Å². The number of hydrogen-bond acceptors (Lipinski definition) is 5. The molecule has 0 aliphatic heterocycles. The molecule has 3 N–H and O–H groups in total. The lowest BCUT2D eigenvalue weighted by atomic mass is 10.4. The minimum Gasteiger partial charge on any atom is -0.392 e. The molecule has 0 amide bonds. The second-order valence-electron chi connectivity index (χ2n) is 3.56. The van der Waals surface area contributed by atoms with E-state index in [2.05, 4.69) is 14.9 Å². The molecule has 0 spiro atoms. The van der Waals surface area contributed by atoms with Gasteiger partial charge < -0.3 is 5.11 Å². The van der Waals surface area contributed by atoms with Gasteiger partial charge in [0.1, 0.15) is 0 Å². The Morgan fingerprint density at radius 1 is 1.65 bits per heavy atom. The van der Waals surface area contributed by atoms with Crippen LogP contribution in [0.3, 0.4) is 0 Å². The minimum atomic E-state index is -3.63. The average Bonchev–Trinajstić information content (AvgIpc) is 2.74. The Labute approximate surface area is 105 Å². The molecule has 0 radical (unpaired) electrons. The largest absolute Gasteiger partial charge is 0.392 e. The summed E-state index contributed by atoms with van der Waals surface area (Å²) in [5, 5.41) is 14.9. The van der Waals surface area contributed by atoms with Gasteiger partial charge >= 0.3 is 0 Å². The van der Waals surface area contributed by atoms with Crippen molar-refractivity contribution in [3.8, 4) is 0 Å². The van der Waals surface area contributed by atoms with Gasteiger partial charge in [-0.25, -0.2) is 13.1 Å². The Hall–Kier alpha value is -0.570. The first-order valence-electron chi connectivity index (χ1n) is 5.24. The number of H-pyrrole nitrogens is 1. The van der Waals surface area contributed by atoms with Crippen molar-refractivity contribution in [2.45, 2.75) is 31.5 Å². The van der Waals surface area contributed by atoms with Gasteiger partial charge in [-0.05, 0) is 12.7 Å². The van der Waals surface area contributed by atoms with Crippen molar-refractivity contribution < 1.29 is 13.5 Å². The van der Waals surface area contributed by atoms with E-state index in [0.717, 1.165) is 5.75 Å². The first-order chi connectivity index (χ1) is 8.01. The second kappa shape index (κ2) is 6.39. The smallest absolute Gasteiger partial charge is 0.258 e. The summed E-state index contributed by atoms with van der Waals surface area (Å²) in [6.07, 6.45) is 1.31. The predicted octanol–water partition coefficient (Wildman–Crippen LogP) is 0.322. The Balaban J connectivity index is 2.75. The molecule has 1 aromatic heterocycles. The van der Waals surface area contributed by atoms with Crippen LogP contribution in [0.15, 0.2) is 11.2 Å². The summed E-state index contributed by atoms with van der Waals surface area (Å²) in [6.45, 7) is 3.46. The third-order valence-electron chi connectivity index (χ3n) is 2.05. The Morgan fingerprint density at radius 3 is 2.94 bits per heavy atom. The molecular formula is C9H17N3O3S2. The Kier molecular flexibility index (Phi) is 5.44. The molecule has 1 rings (SSSR count). The van der Waals surface area contributed by atoms with E-state index in [-0.39, 0.29) is 23.2 Å². The van der Waals surface area contributed by atoms with Crippen molar-refractivity contribution in [2.24, 2.45) is 0 Å². The van der Waals surface area contributed by atoms with Crippen molar-refractivity contribution in [1.29, 1.82) is 0 Å². The zero-order valence-corrected chi connectivity index (χ0v) is 11.4. The molecule has 0 saturated heterocycles. The third-order valence-corrected chi connectivity index (χ3v) is 4.79. The van der Waals surface area contributed by atoms with Gasteiger partial charge in [-0.2, -0.15) is 16.9 Å². The van der Waals surface area contributed by atoms with Crippen LogP contribution in [0.1, 0.15) is 19.4 Å². The van der Waals surface area contributed by atoms with E-state index in [0.29, 0.717) is 5.75 Å². The zero-order valence-electron chi connectivity index (χ0n) is 9.80. The summed E-state index contributed by atoms with van der Waals surface area (Å²) >= 11 is 1.66. The van der Waals surface area contributed by atoms with E-state index in [9.17, 15) is 8.42 Å². The van der Waals surface area contributed by atoms with Gasteiger partial charge in [-0.1, -0.05) is 6.92 Å². The molecule has 1 aromatic rings. The number of aromatic nitrogens is 2. The number of sulfonamides is 1. The van der Waals surface area contributed by atoms with Crippen molar-refractivity contribution in [2.75, 3.05) is 11.5 Å². The van der Waals surface area contributed by atoms with E-state index in [4.69, 9.17) is 5.11 Å². The molecule has 1 atom stereocenters. The van der Waals surface area contributed by atoms with Crippen LogP contribution in [0.5, 0.6) is 0 Å². The van der Waals surface area contributed by atoms with Gasteiger partial charge in [0.25, 0.3) is 10.0 Å². The number of rotatable bonds is 7. The molecule has 98 valence electrons. The lowest BCUT2D eigenvalue weighted by molar-refractivity contribution is 0.278. The molecule has 0 aliphatic rings. The fourth-order valence-corrected chi connectivity index (χ4v) is 3.44. The lowest BCUT2D eigenvalue weighted by Gasteiger charge is -2.13. The Morgan fingerprint density at radius 2 is 2.35 bits per heavy atom. The standard InChI is InChI=1S/C9H17N3O3S2/c1-3-16-6-7(2)12-17(14,15)9-8(5-13)4-10-11-9/h4,7,12-13H,3,5-6H2,1-2H3,(H,10,11). The molecular weight excluding hydrogens is 262 g/mol. The van der Waals surface area contributed by atoms with Crippen LogP contribution < -0.4 is 4.72 Å². The molecule has 17 heavy (non-hydrogen) atoms. The van der Waals surface area contributed by atoms with Gasteiger partial charge in [0.15, 0.2) is 5.03 Å². The van der Waals surface area contributed by atoms with Gasteiger partial charge in [0.2, 0.25) is 0 Å². The van der Waals surface area contributed by atoms with E-state index in [1.54, 1.807) is 18.7 Å². The number of thioether (sulfide) groups is 1. The molecule has 0 fully saturated rings. The van der Waals surface area contributed by atoms with Crippen molar-refractivity contribution in [3.05, 3.63) is 11.8 Å². The number of nitrogens with zero attached hydrogens (tertiary/aromatic N) is 1. The SMILES string of the molecule is CCSCC(C)NS(=O)(=O)c1[nH]ncc1CO. The number of aromatic amines is 1. The average molecular weight is 279 g/mol. The van der Waals surface area contributed by atoms with Crippen LogP contribution >= 0.6 is 11.8 Å². The molecule has 8 heteroatoms. The maximum absolute atomic E-state index is 11.9. The summed E-state index contributed by atoms with van der Waals surface area (Å²) in [6, 6.07) is -0.167. The van der Waals surface area contributed by atoms with E-state index in [1.807, 2.05) is 6.92 Å². The quantitative estimate of drug-likeness (QED) is 0.668. The molecule has 0 aromatic carbocycles. The summed E-state index contributed by atoms with van der Waals surface area (Å²) in [4.78, 5) is 0. The van der Waals surface area contributed by atoms with Gasteiger partial charge in [0.05, 0.1) is 12.8 Å². The van der Waals surface area contributed by atoms with Gasteiger partial charge in [-0.15, -0.1) is 0 Å². The second-order valence-corrected chi connectivity index (χ2v) is 6.53. The van der Waals surface area contributed by atoms with Crippen molar-refractivity contribution in [1.82, 2.24) is 14.9 Å². The topological polar surface area (TPSA) is 95.1 Å². The summed E-state index contributed by atoms with van der Waals surface area (Å²) in [5.74, 6) is 1.65. The van der Waals surface area contributed by atoms with Crippen LogP contribution in [-0.2, 0) is 16.6 Å². The van der Waals surface area contributed by atoms with Crippen LogP contribution in [0.25, 0.3) is 0 Å². The number of aliphatic hydroxyl groups is 1. The molecule has 0 bridgehead atoms. The normalized spacial score (nSPS) is 13.8. The van der Waals surface area contributed by atoms with Crippen molar-refractivity contribution in [3.63, 3.8) is 0 Å². The van der Waals surface area contributed by atoms with Crippen LogP contribution in [0.2, 0.25) is 0 Å². The number of aliphatic hydroxyl groups excluding tert-OH is 1. The van der Waals surface area contributed by atoms with E-state index >= 15 is 0 Å². The summed E-state index contributed by atoms with van der Waals surface area (Å²) < 4.78 is 26.4. The van der Waals surface area contributed by atoms with Crippen LogP contribution in [0.4, 0.5) is 0 Å². The minimum absolute atomic E-state index is 0.0617. The highest BCUT2D eigenvalue weighted by Gasteiger charge is 2.22. The van der Waals surface area contributed by atoms with E-state index < -0.39 is 10.0 Å². The number of hydrogen-bond donors (Lipinski definition) is 3.